The van der Waals surface area contributed by atoms with Crippen LogP contribution in [0.3, 0.4) is 0 Å². The lowest BCUT2D eigenvalue weighted by molar-refractivity contribution is 0.0472. The summed E-state index contributed by atoms with van der Waals surface area (Å²) in [5, 5.41) is 1.09. The summed E-state index contributed by atoms with van der Waals surface area (Å²) in [4.78, 5) is 16.2. The normalized spacial score (nSPS) is 14.2. The summed E-state index contributed by atoms with van der Waals surface area (Å²) in [7, 11) is -0.559. The number of carbonyl (C=O) groups is 1. The number of nitrogens with zero attached hydrogens (tertiary/aromatic N) is 1. The molecule has 0 spiro atoms. The first kappa shape index (κ1) is 19.7. The Morgan fingerprint density at radius 3 is 2.69 bits per heavy atom. The summed E-state index contributed by atoms with van der Waals surface area (Å²) in [6, 6.07) is 12.0. The molecule has 152 valence electrons. The molecule has 1 aliphatic carbocycles. The van der Waals surface area contributed by atoms with E-state index in [9.17, 15) is 13.2 Å². The van der Waals surface area contributed by atoms with Crippen LogP contribution in [0.1, 0.15) is 40.0 Å². The fourth-order valence-electron chi connectivity index (χ4n) is 3.77. The lowest BCUT2D eigenvalue weighted by atomic mass is 9.95. The van der Waals surface area contributed by atoms with Crippen molar-refractivity contribution in [3.8, 4) is 0 Å². The Labute approximate surface area is 170 Å². The maximum absolute atomic E-state index is 12.6. The Morgan fingerprint density at radius 2 is 1.90 bits per heavy atom. The van der Waals surface area contributed by atoms with Crippen LogP contribution in [-0.4, -0.2) is 37.8 Å². The van der Waals surface area contributed by atoms with Crippen LogP contribution in [0, 0.1) is 0 Å². The summed E-state index contributed by atoms with van der Waals surface area (Å²) in [6.07, 6.45) is 4.44. The van der Waals surface area contributed by atoms with Gasteiger partial charge in [-0.2, -0.15) is 0 Å². The molecule has 0 radical (unpaired) electrons. The second-order valence-electron chi connectivity index (χ2n) is 7.56. The number of H-pyrrole nitrogens is 1. The standard InChI is InChI=1S/C22H24N2O4S/c1-24(2)29(26,27)17-7-5-6-15(12-17)14-28-22(25)16-10-11-21-19(13-16)18-8-3-4-9-20(18)23-21/h5-7,10-13,23H,3-4,8-9,14H2,1-2H3. The van der Waals surface area contributed by atoms with E-state index >= 15 is 0 Å². The topological polar surface area (TPSA) is 79.5 Å². The molecule has 1 N–H and O–H groups in total. The number of sulfonamides is 1. The quantitative estimate of drug-likeness (QED) is 0.649. The van der Waals surface area contributed by atoms with Gasteiger partial charge >= 0.3 is 5.97 Å². The van der Waals surface area contributed by atoms with Crippen molar-refractivity contribution in [3.63, 3.8) is 0 Å². The van der Waals surface area contributed by atoms with E-state index in [0.717, 1.165) is 28.0 Å². The average Bonchev–Trinajstić information content (AvgIpc) is 3.10. The van der Waals surface area contributed by atoms with E-state index in [1.807, 2.05) is 12.1 Å². The van der Waals surface area contributed by atoms with Crippen molar-refractivity contribution in [1.29, 1.82) is 0 Å². The minimum Gasteiger partial charge on any atom is -0.457 e. The number of hydrogen-bond donors (Lipinski definition) is 1. The fraction of sp³-hybridized carbons (Fsp3) is 0.318. The van der Waals surface area contributed by atoms with Crippen molar-refractivity contribution in [2.45, 2.75) is 37.2 Å². The van der Waals surface area contributed by atoms with Gasteiger partial charge in [-0.3, -0.25) is 0 Å². The number of aromatic nitrogens is 1. The van der Waals surface area contributed by atoms with Gasteiger partial charge in [0.1, 0.15) is 6.61 Å². The summed E-state index contributed by atoms with van der Waals surface area (Å²) >= 11 is 0. The van der Waals surface area contributed by atoms with Gasteiger partial charge in [0, 0.05) is 30.7 Å². The van der Waals surface area contributed by atoms with Crippen LogP contribution in [0.25, 0.3) is 10.9 Å². The van der Waals surface area contributed by atoms with Crippen molar-refractivity contribution in [1.82, 2.24) is 9.29 Å². The zero-order valence-electron chi connectivity index (χ0n) is 16.6. The van der Waals surface area contributed by atoms with Gasteiger partial charge in [0.2, 0.25) is 10.0 Å². The van der Waals surface area contributed by atoms with Crippen molar-refractivity contribution in [2.75, 3.05) is 14.1 Å². The highest BCUT2D eigenvalue weighted by atomic mass is 32.2. The van der Waals surface area contributed by atoms with Crippen molar-refractivity contribution in [2.24, 2.45) is 0 Å². The van der Waals surface area contributed by atoms with Crippen LogP contribution < -0.4 is 0 Å². The predicted octanol–water partition coefficient (Wildman–Crippen LogP) is 3.65. The lowest BCUT2D eigenvalue weighted by Gasteiger charge is -2.12. The molecule has 2 aromatic carbocycles. The van der Waals surface area contributed by atoms with E-state index in [1.54, 1.807) is 18.2 Å². The van der Waals surface area contributed by atoms with Crippen LogP contribution in [0.2, 0.25) is 0 Å². The second-order valence-corrected chi connectivity index (χ2v) is 9.71. The van der Waals surface area contributed by atoms with Crippen molar-refractivity contribution >= 4 is 26.9 Å². The van der Waals surface area contributed by atoms with E-state index < -0.39 is 16.0 Å². The minimum absolute atomic E-state index is 0.0128. The number of benzene rings is 2. The summed E-state index contributed by atoms with van der Waals surface area (Å²) < 4.78 is 31.2. The first-order valence-corrected chi connectivity index (χ1v) is 11.1. The molecule has 1 heterocycles. The van der Waals surface area contributed by atoms with Crippen LogP contribution in [0.15, 0.2) is 47.4 Å². The third-order valence-corrected chi connectivity index (χ3v) is 7.19. The Morgan fingerprint density at radius 1 is 1.10 bits per heavy atom. The smallest absolute Gasteiger partial charge is 0.338 e. The zero-order chi connectivity index (χ0) is 20.6. The number of aromatic amines is 1. The molecule has 0 aliphatic heterocycles. The minimum atomic E-state index is -3.53. The average molecular weight is 413 g/mol. The van der Waals surface area contributed by atoms with Crippen LogP contribution in [0.5, 0.6) is 0 Å². The number of esters is 1. The molecule has 29 heavy (non-hydrogen) atoms. The molecule has 0 fully saturated rings. The van der Waals surface area contributed by atoms with Crippen molar-refractivity contribution < 1.29 is 17.9 Å². The first-order chi connectivity index (χ1) is 13.9. The number of rotatable bonds is 5. The SMILES string of the molecule is CN(C)S(=O)(=O)c1cccc(COC(=O)c2ccc3[nH]c4c(c3c2)CCCC4)c1. The van der Waals surface area contributed by atoms with E-state index in [4.69, 9.17) is 4.74 Å². The van der Waals surface area contributed by atoms with Crippen LogP contribution in [-0.2, 0) is 34.2 Å². The molecule has 0 atom stereocenters. The number of ether oxygens (including phenoxy) is 1. The van der Waals surface area contributed by atoms with Crippen LogP contribution >= 0.6 is 0 Å². The fourth-order valence-corrected chi connectivity index (χ4v) is 4.74. The molecule has 0 bridgehead atoms. The molecule has 6 nitrogen and oxygen atoms in total. The van der Waals surface area contributed by atoms with Gasteiger partial charge in [0.05, 0.1) is 10.5 Å². The molecule has 3 aromatic rings. The summed E-state index contributed by atoms with van der Waals surface area (Å²) in [5.74, 6) is -0.418. The Bertz CT molecular complexity index is 1180. The highest BCUT2D eigenvalue weighted by Gasteiger charge is 2.19. The molecule has 1 aliphatic rings. The van der Waals surface area contributed by atoms with E-state index in [0.29, 0.717) is 11.1 Å². The van der Waals surface area contributed by atoms with E-state index in [-0.39, 0.29) is 11.5 Å². The van der Waals surface area contributed by atoms with Gasteiger partial charge in [-0.25, -0.2) is 17.5 Å². The molecular formula is C22H24N2O4S. The third-order valence-electron chi connectivity index (χ3n) is 5.38. The molecular weight excluding hydrogens is 388 g/mol. The Balaban J connectivity index is 1.52. The van der Waals surface area contributed by atoms with Gasteiger partial charge in [-0.1, -0.05) is 12.1 Å². The van der Waals surface area contributed by atoms with Gasteiger partial charge in [0.15, 0.2) is 0 Å². The van der Waals surface area contributed by atoms with Crippen molar-refractivity contribution in [3.05, 3.63) is 64.8 Å². The van der Waals surface area contributed by atoms with E-state index in [2.05, 4.69) is 4.98 Å². The van der Waals surface area contributed by atoms with Gasteiger partial charge < -0.3 is 9.72 Å². The number of hydrogen-bond acceptors (Lipinski definition) is 4. The van der Waals surface area contributed by atoms with E-state index in [1.165, 1.54) is 50.3 Å². The third kappa shape index (κ3) is 3.80. The van der Waals surface area contributed by atoms with Gasteiger partial charge in [-0.15, -0.1) is 0 Å². The molecule has 7 heteroatoms. The molecule has 0 unspecified atom stereocenters. The predicted molar refractivity (Wildman–Crippen MR) is 111 cm³/mol. The highest BCUT2D eigenvalue weighted by molar-refractivity contribution is 7.89. The summed E-state index contributed by atoms with van der Waals surface area (Å²) in [6.45, 7) is 0.0128. The van der Waals surface area contributed by atoms with Crippen LogP contribution in [0.4, 0.5) is 0 Å². The zero-order valence-corrected chi connectivity index (χ0v) is 17.4. The number of aryl methyl sites for hydroxylation is 2. The molecule has 1 aromatic heterocycles. The van der Waals surface area contributed by atoms with Gasteiger partial charge in [-0.05, 0) is 67.1 Å². The number of carbonyl (C=O) groups excluding carboxylic acids is 1. The largest absolute Gasteiger partial charge is 0.457 e. The van der Waals surface area contributed by atoms with Gasteiger partial charge in [0.25, 0.3) is 0 Å². The molecule has 0 saturated carbocycles. The molecule has 0 amide bonds. The number of fused-ring (bicyclic) bond motifs is 3. The monoisotopic (exact) mass is 412 g/mol. The maximum atomic E-state index is 12.6. The molecule has 4 rings (SSSR count). The molecule has 0 saturated heterocycles. The number of nitrogens with one attached hydrogen (secondary N) is 1. The highest BCUT2D eigenvalue weighted by Crippen LogP contribution is 2.30. The Kier molecular flexibility index (Phi) is 5.19. The maximum Gasteiger partial charge on any atom is 0.338 e. The Hall–Kier alpha value is -2.64. The first-order valence-electron chi connectivity index (χ1n) is 9.68. The summed E-state index contributed by atoms with van der Waals surface area (Å²) in [5.41, 5.74) is 4.76. The lowest BCUT2D eigenvalue weighted by Crippen LogP contribution is -2.22. The second kappa shape index (κ2) is 7.65.